The van der Waals surface area contributed by atoms with Crippen LogP contribution in [0.1, 0.15) is 13.8 Å². The van der Waals surface area contributed by atoms with E-state index in [1.165, 1.54) is 0 Å². The van der Waals surface area contributed by atoms with E-state index in [-0.39, 0.29) is 0 Å². The predicted molar refractivity (Wildman–Crippen MR) is 45.6 cm³/mol. The van der Waals surface area contributed by atoms with E-state index in [1.54, 1.807) is 11.6 Å². The maximum absolute atomic E-state index is 10.4. The first kappa shape index (κ1) is 13.2. The van der Waals surface area contributed by atoms with Gasteiger partial charge in [-0.15, -0.1) is 0 Å². The van der Waals surface area contributed by atoms with Crippen LogP contribution in [0, 0.1) is 0 Å². The van der Waals surface area contributed by atoms with Gasteiger partial charge in [-0.25, -0.2) is 0 Å². The standard InChI is InChI=1S/C4H10OSe.C2H6OSe/c1-3-6(5)4-2;1-4(2)3/h3-4H2,1-2H3;1-2H3. The molecule has 0 rings (SSSR count). The van der Waals surface area contributed by atoms with Crippen LogP contribution in [-0.4, -0.2) is 27.7 Å². The van der Waals surface area contributed by atoms with Crippen molar-refractivity contribution in [2.45, 2.75) is 36.1 Å². The molecule has 0 amide bonds. The summed E-state index contributed by atoms with van der Waals surface area (Å²) in [6.07, 6.45) is 0. The SMILES string of the molecule is CC[Se](=O)CC.C[Se](C)=O. The molecule has 0 aliphatic rings. The Morgan fingerprint density at radius 1 is 1.00 bits per heavy atom. The summed E-state index contributed by atoms with van der Waals surface area (Å²) in [5.41, 5.74) is 0. The van der Waals surface area contributed by atoms with Crippen LogP contribution < -0.4 is 0 Å². The molecular weight excluding hydrogens is 262 g/mol. The molecule has 0 fully saturated rings. The molecule has 0 aromatic carbocycles. The van der Waals surface area contributed by atoms with Crippen molar-refractivity contribution in [3.63, 3.8) is 0 Å². The van der Waals surface area contributed by atoms with Gasteiger partial charge in [0.1, 0.15) is 0 Å². The number of hydrogen-bond acceptors (Lipinski definition) is 2. The van der Waals surface area contributed by atoms with E-state index in [1.807, 2.05) is 13.8 Å². The summed E-state index contributed by atoms with van der Waals surface area (Å²) < 4.78 is 20.0. The molecule has 2 nitrogen and oxygen atoms in total. The molecule has 0 spiro atoms. The second kappa shape index (κ2) is 9.64. The van der Waals surface area contributed by atoms with Crippen LogP contribution in [0.2, 0.25) is 22.3 Å². The van der Waals surface area contributed by atoms with Gasteiger partial charge in [0.15, 0.2) is 0 Å². The van der Waals surface area contributed by atoms with Gasteiger partial charge in [0.25, 0.3) is 0 Å². The second-order valence-corrected chi connectivity index (χ2v) is 9.14. The summed E-state index contributed by atoms with van der Waals surface area (Å²) in [5, 5.41) is 1.80. The summed E-state index contributed by atoms with van der Waals surface area (Å²) in [5.74, 6) is 3.47. The Balaban J connectivity index is 0. The third-order valence-electron chi connectivity index (χ3n) is 0.644. The van der Waals surface area contributed by atoms with Gasteiger partial charge in [0.2, 0.25) is 0 Å². The summed E-state index contributed by atoms with van der Waals surface area (Å²) in [6, 6.07) is 0. The Labute approximate surface area is 71.6 Å². The van der Waals surface area contributed by atoms with Gasteiger partial charge in [-0.2, -0.15) is 0 Å². The van der Waals surface area contributed by atoms with Crippen LogP contribution in [0.15, 0.2) is 0 Å². The van der Waals surface area contributed by atoms with Crippen LogP contribution in [-0.2, 0) is 7.67 Å². The molecule has 4 heteroatoms. The summed E-state index contributed by atoms with van der Waals surface area (Å²) in [7, 11) is 0. The van der Waals surface area contributed by atoms with E-state index in [0.29, 0.717) is 0 Å². The molecule has 64 valence electrons. The summed E-state index contributed by atoms with van der Waals surface area (Å²) in [6.45, 7) is 3.95. The first-order chi connectivity index (χ1) is 4.54. The van der Waals surface area contributed by atoms with Crippen molar-refractivity contribution in [1.29, 1.82) is 0 Å². The Morgan fingerprint density at radius 3 is 1.20 bits per heavy atom. The van der Waals surface area contributed by atoms with Crippen LogP contribution in [0.5, 0.6) is 0 Å². The normalized spacial score (nSPS) is 9.40. The van der Waals surface area contributed by atoms with E-state index < -0.39 is 27.7 Å². The third-order valence-corrected chi connectivity index (χ3v) is 3.35. The molecule has 0 aliphatic carbocycles. The van der Waals surface area contributed by atoms with Gasteiger partial charge >= 0.3 is 71.5 Å². The summed E-state index contributed by atoms with van der Waals surface area (Å²) >= 11 is -2.59. The van der Waals surface area contributed by atoms with Crippen molar-refractivity contribution in [3.05, 3.63) is 0 Å². The van der Waals surface area contributed by atoms with Gasteiger partial charge in [-0.3, -0.25) is 0 Å². The van der Waals surface area contributed by atoms with Crippen molar-refractivity contribution in [1.82, 2.24) is 0 Å². The van der Waals surface area contributed by atoms with E-state index >= 15 is 0 Å². The molecule has 0 bridgehead atoms. The number of hydrogen-bond donors (Lipinski definition) is 0. The van der Waals surface area contributed by atoms with Gasteiger partial charge in [0, 0.05) is 0 Å². The predicted octanol–water partition coefficient (Wildman–Crippen LogP) is 2.12. The Morgan fingerprint density at radius 2 is 1.20 bits per heavy atom. The quantitative estimate of drug-likeness (QED) is 0.725. The third kappa shape index (κ3) is 23.4. The molecule has 0 saturated carbocycles. The molecule has 0 aliphatic heterocycles. The first-order valence-electron chi connectivity index (χ1n) is 3.14. The van der Waals surface area contributed by atoms with Crippen molar-refractivity contribution in [3.8, 4) is 0 Å². The van der Waals surface area contributed by atoms with Crippen LogP contribution >= 0.6 is 0 Å². The van der Waals surface area contributed by atoms with E-state index in [9.17, 15) is 7.67 Å². The van der Waals surface area contributed by atoms with Gasteiger partial charge < -0.3 is 0 Å². The zero-order valence-corrected chi connectivity index (χ0v) is 10.5. The first-order valence-corrected chi connectivity index (χ1v) is 10.4. The molecular formula is C6H16O2Se2. The average Bonchev–Trinajstić information content (AvgIpc) is 1.85. The molecule has 0 aromatic heterocycles. The van der Waals surface area contributed by atoms with Crippen LogP contribution in [0.4, 0.5) is 0 Å². The minimum absolute atomic E-state index is 0.899. The Kier molecular flexibility index (Phi) is 12.8. The fraction of sp³-hybridized carbons (Fsp3) is 1.00. The molecule has 0 radical (unpaired) electrons. The van der Waals surface area contributed by atoms with Crippen LogP contribution in [0.25, 0.3) is 0 Å². The van der Waals surface area contributed by atoms with E-state index in [4.69, 9.17) is 0 Å². The van der Waals surface area contributed by atoms with Crippen LogP contribution in [0.3, 0.4) is 0 Å². The van der Waals surface area contributed by atoms with Crippen molar-refractivity contribution < 1.29 is 7.67 Å². The molecule has 0 saturated heterocycles. The zero-order chi connectivity index (χ0) is 8.57. The fourth-order valence-corrected chi connectivity index (χ4v) is 1.06. The minimum atomic E-state index is -1.30. The summed E-state index contributed by atoms with van der Waals surface area (Å²) in [4.78, 5) is 0. The molecule has 0 heterocycles. The topological polar surface area (TPSA) is 34.1 Å². The fourth-order valence-electron chi connectivity index (χ4n) is 0.204. The monoisotopic (exact) mass is 280 g/mol. The van der Waals surface area contributed by atoms with Gasteiger partial charge in [-0.05, 0) is 0 Å². The van der Waals surface area contributed by atoms with Gasteiger partial charge in [0.05, 0.1) is 0 Å². The van der Waals surface area contributed by atoms with Crippen molar-refractivity contribution in [2.75, 3.05) is 0 Å². The number of rotatable bonds is 2. The molecule has 10 heavy (non-hydrogen) atoms. The molecule has 0 atom stereocenters. The van der Waals surface area contributed by atoms with E-state index in [2.05, 4.69) is 0 Å². The maximum atomic E-state index is 10.4. The van der Waals surface area contributed by atoms with Crippen molar-refractivity contribution >= 4 is 27.7 Å². The second-order valence-electron chi connectivity index (χ2n) is 1.76. The zero-order valence-electron chi connectivity index (χ0n) is 7.05. The Hall–Kier alpha value is 0.639. The Bertz CT molecular complexity index is 102. The van der Waals surface area contributed by atoms with Gasteiger partial charge in [-0.1, -0.05) is 0 Å². The van der Waals surface area contributed by atoms with Crippen molar-refractivity contribution in [2.24, 2.45) is 0 Å². The van der Waals surface area contributed by atoms with E-state index in [0.717, 1.165) is 10.6 Å². The average molecular weight is 278 g/mol. The molecule has 0 N–H and O–H groups in total. The molecule has 0 aromatic rings. The molecule has 0 unspecified atom stereocenters.